The number of hydrogen-bond donors (Lipinski definition) is 1. The molecule has 0 saturated carbocycles. The van der Waals surface area contributed by atoms with Crippen LogP contribution < -0.4 is 10.2 Å². The molecule has 2 aromatic carbocycles. The van der Waals surface area contributed by atoms with Crippen molar-refractivity contribution in [2.24, 2.45) is 5.92 Å². The molecular weight excluding hydrogens is 382 g/mol. The topological polar surface area (TPSA) is 75.7 Å². The standard InChI is InChI=1S/C21H20F2N2O4/c1-2-13-3-6-16(7-4-13)25-11-14(9-20(25)27)21(28)29-12-19(26)24-18-10-15(22)5-8-17(18)23/h3-8,10,14H,2,9,11-12H2,1H3,(H,24,26). The Kier molecular flexibility index (Phi) is 6.21. The van der Waals surface area contributed by atoms with E-state index in [4.69, 9.17) is 4.74 Å². The number of rotatable bonds is 6. The van der Waals surface area contributed by atoms with E-state index in [-0.39, 0.29) is 24.6 Å². The molecule has 0 bridgehead atoms. The SMILES string of the molecule is CCc1ccc(N2CC(C(=O)OCC(=O)Nc3cc(F)ccc3F)CC2=O)cc1. The quantitative estimate of drug-likeness (QED) is 0.754. The van der Waals surface area contributed by atoms with Crippen molar-refractivity contribution in [3.8, 4) is 0 Å². The van der Waals surface area contributed by atoms with Gasteiger partial charge in [-0.1, -0.05) is 19.1 Å². The van der Waals surface area contributed by atoms with E-state index in [0.29, 0.717) is 5.69 Å². The summed E-state index contributed by atoms with van der Waals surface area (Å²) in [6, 6.07) is 10.1. The maximum absolute atomic E-state index is 13.5. The van der Waals surface area contributed by atoms with Crippen molar-refractivity contribution < 1.29 is 27.9 Å². The van der Waals surface area contributed by atoms with Crippen molar-refractivity contribution in [1.82, 2.24) is 0 Å². The van der Waals surface area contributed by atoms with Crippen molar-refractivity contribution in [3.63, 3.8) is 0 Å². The van der Waals surface area contributed by atoms with Gasteiger partial charge in [0.1, 0.15) is 11.6 Å². The first kappa shape index (κ1) is 20.4. The van der Waals surface area contributed by atoms with Gasteiger partial charge in [0.25, 0.3) is 5.91 Å². The van der Waals surface area contributed by atoms with Crippen molar-refractivity contribution in [3.05, 3.63) is 59.7 Å². The first-order chi connectivity index (χ1) is 13.9. The molecule has 2 amide bonds. The Bertz CT molecular complexity index is 931. The van der Waals surface area contributed by atoms with Crippen LogP contribution >= 0.6 is 0 Å². The molecule has 3 rings (SSSR count). The van der Waals surface area contributed by atoms with E-state index in [1.165, 1.54) is 4.90 Å². The highest BCUT2D eigenvalue weighted by Crippen LogP contribution is 2.26. The maximum atomic E-state index is 13.5. The minimum atomic E-state index is -0.808. The number of ether oxygens (including phenoxy) is 1. The summed E-state index contributed by atoms with van der Waals surface area (Å²) in [5.74, 6) is -3.93. The molecule has 1 atom stereocenters. The lowest BCUT2D eigenvalue weighted by Gasteiger charge is -2.17. The molecule has 6 nitrogen and oxygen atoms in total. The van der Waals surface area contributed by atoms with Crippen LogP contribution in [0.15, 0.2) is 42.5 Å². The average Bonchev–Trinajstić information content (AvgIpc) is 3.10. The van der Waals surface area contributed by atoms with Crippen LogP contribution in [0.1, 0.15) is 18.9 Å². The Balaban J connectivity index is 1.53. The molecule has 1 fully saturated rings. The van der Waals surface area contributed by atoms with E-state index >= 15 is 0 Å². The lowest BCUT2D eigenvalue weighted by molar-refractivity contribution is -0.151. The number of halogens is 2. The molecule has 2 aromatic rings. The van der Waals surface area contributed by atoms with Crippen molar-refractivity contribution in [2.45, 2.75) is 19.8 Å². The van der Waals surface area contributed by atoms with Crippen molar-refractivity contribution in [2.75, 3.05) is 23.4 Å². The number of nitrogens with one attached hydrogen (secondary N) is 1. The highest BCUT2D eigenvalue weighted by molar-refractivity contribution is 6.00. The second-order valence-electron chi connectivity index (χ2n) is 6.71. The van der Waals surface area contributed by atoms with E-state index < -0.39 is 36.0 Å². The van der Waals surface area contributed by atoms with E-state index in [9.17, 15) is 23.2 Å². The lowest BCUT2D eigenvalue weighted by atomic mass is 10.1. The number of nitrogens with zero attached hydrogens (tertiary/aromatic N) is 1. The molecular formula is C21H20F2N2O4. The maximum Gasteiger partial charge on any atom is 0.311 e. The molecule has 1 unspecified atom stereocenters. The Morgan fingerprint density at radius 2 is 1.90 bits per heavy atom. The normalized spacial score (nSPS) is 16.0. The molecule has 0 aliphatic carbocycles. The third-order valence-electron chi connectivity index (χ3n) is 4.66. The summed E-state index contributed by atoms with van der Waals surface area (Å²) in [5, 5.41) is 2.14. The fraction of sp³-hybridized carbons (Fsp3) is 0.286. The van der Waals surface area contributed by atoms with Gasteiger partial charge in [0.15, 0.2) is 6.61 Å². The largest absolute Gasteiger partial charge is 0.455 e. The predicted molar refractivity (Wildman–Crippen MR) is 102 cm³/mol. The number of amides is 2. The number of benzene rings is 2. The Hall–Kier alpha value is -3.29. The van der Waals surface area contributed by atoms with E-state index in [1.807, 2.05) is 31.2 Å². The first-order valence-electron chi connectivity index (χ1n) is 9.18. The van der Waals surface area contributed by atoms with Gasteiger partial charge in [-0.15, -0.1) is 0 Å². The molecule has 1 saturated heterocycles. The summed E-state index contributed by atoms with van der Waals surface area (Å²) in [6.45, 7) is 1.52. The fourth-order valence-electron chi connectivity index (χ4n) is 3.06. The molecule has 1 aliphatic heterocycles. The molecule has 8 heteroatoms. The lowest BCUT2D eigenvalue weighted by Crippen LogP contribution is -2.28. The van der Waals surface area contributed by atoms with Gasteiger partial charge in [0.2, 0.25) is 5.91 Å². The van der Waals surface area contributed by atoms with Gasteiger partial charge in [0.05, 0.1) is 11.6 Å². The average molecular weight is 402 g/mol. The first-order valence-corrected chi connectivity index (χ1v) is 9.18. The Morgan fingerprint density at radius 3 is 2.59 bits per heavy atom. The van der Waals surface area contributed by atoms with Crippen LogP contribution in [-0.4, -0.2) is 30.9 Å². The monoisotopic (exact) mass is 402 g/mol. The van der Waals surface area contributed by atoms with Gasteiger partial charge in [-0.05, 0) is 36.2 Å². The van der Waals surface area contributed by atoms with Gasteiger partial charge in [-0.3, -0.25) is 14.4 Å². The van der Waals surface area contributed by atoms with Crippen LogP contribution in [0.2, 0.25) is 0 Å². The number of anilines is 2. The van der Waals surface area contributed by atoms with Crippen LogP contribution in [-0.2, 0) is 25.5 Å². The summed E-state index contributed by atoms with van der Waals surface area (Å²) in [4.78, 5) is 37.8. The highest BCUT2D eigenvalue weighted by atomic mass is 19.1. The van der Waals surface area contributed by atoms with Crippen LogP contribution in [0.4, 0.5) is 20.2 Å². The van der Waals surface area contributed by atoms with Gasteiger partial charge >= 0.3 is 5.97 Å². The van der Waals surface area contributed by atoms with Crippen molar-refractivity contribution in [1.29, 1.82) is 0 Å². The summed E-state index contributed by atoms with van der Waals surface area (Å²) in [7, 11) is 0. The molecule has 1 heterocycles. The zero-order valence-corrected chi connectivity index (χ0v) is 15.8. The summed E-state index contributed by atoms with van der Waals surface area (Å²) in [5.41, 5.74) is 1.49. The third-order valence-corrected chi connectivity index (χ3v) is 4.66. The Morgan fingerprint density at radius 1 is 1.17 bits per heavy atom. The molecule has 1 N–H and O–H groups in total. The number of esters is 1. The summed E-state index contributed by atoms with van der Waals surface area (Å²) in [6.07, 6.45) is 0.860. The number of aryl methyl sites for hydroxylation is 1. The third kappa shape index (κ3) is 4.96. The van der Waals surface area contributed by atoms with Gasteiger partial charge < -0.3 is 15.0 Å². The minimum absolute atomic E-state index is 0.0193. The van der Waals surface area contributed by atoms with Crippen LogP contribution in [0, 0.1) is 17.6 Å². The fourth-order valence-corrected chi connectivity index (χ4v) is 3.06. The molecule has 1 aliphatic rings. The predicted octanol–water partition coefficient (Wildman–Crippen LogP) is 3.06. The second kappa shape index (κ2) is 8.81. The van der Waals surface area contributed by atoms with Crippen LogP contribution in [0.3, 0.4) is 0 Å². The van der Waals surface area contributed by atoms with Crippen LogP contribution in [0.5, 0.6) is 0 Å². The molecule has 0 aromatic heterocycles. The zero-order chi connectivity index (χ0) is 21.0. The second-order valence-corrected chi connectivity index (χ2v) is 6.71. The minimum Gasteiger partial charge on any atom is -0.455 e. The van der Waals surface area contributed by atoms with E-state index in [1.54, 1.807) is 0 Å². The summed E-state index contributed by atoms with van der Waals surface area (Å²) >= 11 is 0. The van der Waals surface area contributed by atoms with E-state index in [2.05, 4.69) is 5.32 Å². The molecule has 0 spiro atoms. The van der Waals surface area contributed by atoms with E-state index in [0.717, 1.165) is 30.2 Å². The van der Waals surface area contributed by atoms with Gasteiger partial charge in [-0.2, -0.15) is 0 Å². The molecule has 29 heavy (non-hydrogen) atoms. The molecule has 0 radical (unpaired) electrons. The smallest absolute Gasteiger partial charge is 0.311 e. The van der Waals surface area contributed by atoms with Crippen LogP contribution in [0.25, 0.3) is 0 Å². The summed E-state index contributed by atoms with van der Waals surface area (Å²) < 4.78 is 31.6. The Labute approximate surface area is 166 Å². The number of hydrogen-bond acceptors (Lipinski definition) is 4. The zero-order valence-electron chi connectivity index (χ0n) is 15.8. The van der Waals surface area contributed by atoms with Crippen molar-refractivity contribution >= 4 is 29.2 Å². The van der Waals surface area contributed by atoms with Gasteiger partial charge in [0, 0.05) is 24.7 Å². The van der Waals surface area contributed by atoms with Gasteiger partial charge in [-0.25, -0.2) is 8.78 Å². The number of carbonyl (C=O) groups excluding carboxylic acids is 3. The number of carbonyl (C=O) groups is 3. The molecule has 152 valence electrons. The highest BCUT2D eigenvalue weighted by Gasteiger charge is 2.36.